The van der Waals surface area contributed by atoms with Crippen molar-refractivity contribution in [3.05, 3.63) is 71.1 Å². The Balaban J connectivity index is 1.62. The van der Waals surface area contributed by atoms with Crippen LogP contribution in [0, 0.1) is 6.92 Å². The normalized spacial score (nSPS) is 17.8. The van der Waals surface area contributed by atoms with Crippen LogP contribution in [-0.2, 0) is 0 Å². The lowest BCUT2D eigenvalue weighted by molar-refractivity contribution is -0.0674. The Kier molecular flexibility index (Phi) is 6.32. The molecule has 1 aliphatic heterocycles. The van der Waals surface area contributed by atoms with Gasteiger partial charge in [-0.25, -0.2) is 23.7 Å². The van der Waals surface area contributed by atoms with E-state index in [-0.39, 0.29) is 25.4 Å². The summed E-state index contributed by atoms with van der Waals surface area (Å²) in [5.41, 5.74) is 1.86. The van der Waals surface area contributed by atoms with E-state index in [1.807, 2.05) is 13.0 Å². The second-order valence-electron chi connectivity index (χ2n) is 7.83. The number of nitrogens with one attached hydrogen (secondary N) is 1. The van der Waals surface area contributed by atoms with Gasteiger partial charge >= 0.3 is 0 Å². The van der Waals surface area contributed by atoms with Crippen LogP contribution in [0.15, 0.2) is 55.0 Å². The quantitative estimate of drug-likeness (QED) is 0.593. The van der Waals surface area contributed by atoms with Gasteiger partial charge in [0, 0.05) is 50.1 Å². The van der Waals surface area contributed by atoms with Crippen molar-refractivity contribution in [2.45, 2.75) is 31.7 Å². The van der Waals surface area contributed by atoms with Gasteiger partial charge in [0.1, 0.15) is 5.82 Å². The number of alkyl halides is 2. The molecule has 1 aromatic carbocycles. The van der Waals surface area contributed by atoms with Crippen LogP contribution in [0.5, 0.6) is 0 Å². The minimum atomic E-state index is -2.84. The number of aryl methyl sites for hydroxylation is 1. The van der Waals surface area contributed by atoms with E-state index in [4.69, 9.17) is 11.6 Å². The maximum atomic E-state index is 14.3. The van der Waals surface area contributed by atoms with E-state index in [9.17, 15) is 13.6 Å². The van der Waals surface area contributed by atoms with Crippen LogP contribution in [0.4, 0.5) is 14.6 Å². The Morgan fingerprint density at radius 3 is 2.72 bits per heavy atom. The fourth-order valence-corrected chi connectivity index (χ4v) is 3.91. The highest BCUT2D eigenvalue weighted by molar-refractivity contribution is 6.30. The zero-order chi connectivity index (χ0) is 22.7. The van der Waals surface area contributed by atoms with Crippen LogP contribution in [0.25, 0.3) is 11.4 Å². The van der Waals surface area contributed by atoms with Gasteiger partial charge in [-0.1, -0.05) is 29.3 Å². The van der Waals surface area contributed by atoms with Crippen LogP contribution in [0.3, 0.4) is 0 Å². The average Bonchev–Trinajstić information content (AvgIpc) is 2.78. The molecule has 0 unspecified atom stereocenters. The molecule has 6 nitrogen and oxygen atoms in total. The summed E-state index contributed by atoms with van der Waals surface area (Å²) in [6.07, 6.45) is 3.87. The number of amides is 1. The molecule has 0 saturated carbocycles. The molecule has 3 heterocycles. The third kappa shape index (κ3) is 5.02. The molecule has 166 valence electrons. The molecule has 0 bridgehead atoms. The number of carbonyl (C=O) groups is 1. The second kappa shape index (κ2) is 9.16. The summed E-state index contributed by atoms with van der Waals surface area (Å²) in [7, 11) is 0. The van der Waals surface area contributed by atoms with Crippen molar-refractivity contribution in [3.8, 4) is 11.4 Å². The standard InChI is InChI=1S/C23H22ClF2N5O/c1-15-3-5-18(21-27-8-2-9-28-21)19(11-15)22(32)31-10-7-23(25,26)12-17(31)14-30-20-6-4-16(24)13-29-20/h2-6,8-9,11,13,17H,7,10,12,14H2,1H3,(H,29,30)/t17-/m0/s1. The van der Waals surface area contributed by atoms with Gasteiger partial charge in [0.15, 0.2) is 5.82 Å². The van der Waals surface area contributed by atoms with Crippen LogP contribution in [0.2, 0.25) is 5.02 Å². The Bertz CT molecular complexity index is 1100. The molecule has 0 aliphatic carbocycles. The zero-order valence-electron chi connectivity index (χ0n) is 17.4. The molecule has 3 aromatic rings. The molecule has 4 rings (SSSR count). The van der Waals surface area contributed by atoms with Gasteiger partial charge < -0.3 is 10.2 Å². The number of pyridine rings is 1. The molecular weight excluding hydrogens is 436 g/mol. The smallest absolute Gasteiger partial charge is 0.254 e. The summed E-state index contributed by atoms with van der Waals surface area (Å²) in [5, 5.41) is 3.53. The fourth-order valence-electron chi connectivity index (χ4n) is 3.80. The average molecular weight is 458 g/mol. The third-order valence-electron chi connectivity index (χ3n) is 5.41. The van der Waals surface area contributed by atoms with Crippen molar-refractivity contribution in [2.75, 3.05) is 18.4 Å². The Hall–Kier alpha value is -3.13. The van der Waals surface area contributed by atoms with E-state index in [0.29, 0.717) is 27.8 Å². The minimum Gasteiger partial charge on any atom is -0.368 e. The first-order valence-electron chi connectivity index (χ1n) is 10.2. The van der Waals surface area contributed by atoms with Crippen molar-refractivity contribution in [1.82, 2.24) is 19.9 Å². The number of rotatable bonds is 5. The molecule has 1 atom stereocenters. The maximum absolute atomic E-state index is 14.3. The number of anilines is 1. The number of hydrogen-bond acceptors (Lipinski definition) is 5. The monoisotopic (exact) mass is 457 g/mol. The number of carbonyl (C=O) groups excluding carboxylic acids is 1. The van der Waals surface area contributed by atoms with Gasteiger partial charge in [-0.15, -0.1) is 0 Å². The van der Waals surface area contributed by atoms with Crippen LogP contribution < -0.4 is 5.32 Å². The lowest BCUT2D eigenvalue weighted by Crippen LogP contribution is -2.52. The van der Waals surface area contributed by atoms with E-state index in [1.54, 1.807) is 42.7 Å². The first kappa shape index (κ1) is 22.1. The predicted molar refractivity (Wildman–Crippen MR) is 119 cm³/mol. The van der Waals surface area contributed by atoms with Gasteiger partial charge in [-0.2, -0.15) is 0 Å². The lowest BCUT2D eigenvalue weighted by atomic mass is 9.95. The highest BCUT2D eigenvalue weighted by Crippen LogP contribution is 2.34. The third-order valence-corrected chi connectivity index (χ3v) is 5.64. The number of piperidine rings is 1. The number of hydrogen-bond donors (Lipinski definition) is 1. The number of benzene rings is 1. The SMILES string of the molecule is Cc1ccc(-c2ncccn2)c(C(=O)N2CCC(F)(F)C[C@H]2CNc2ccc(Cl)cn2)c1. The Morgan fingerprint density at radius 1 is 1.22 bits per heavy atom. The van der Waals surface area contributed by atoms with Gasteiger partial charge in [-0.3, -0.25) is 4.79 Å². The molecule has 1 fully saturated rings. The summed E-state index contributed by atoms with van der Waals surface area (Å²) >= 11 is 5.86. The zero-order valence-corrected chi connectivity index (χ0v) is 18.2. The van der Waals surface area contributed by atoms with Crippen LogP contribution in [-0.4, -0.2) is 50.8 Å². The molecule has 1 amide bonds. The molecular formula is C23H22ClF2N5O. The predicted octanol–water partition coefficient (Wildman–Crippen LogP) is 4.85. The largest absolute Gasteiger partial charge is 0.368 e. The number of aromatic nitrogens is 3. The summed E-state index contributed by atoms with van der Waals surface area (Å²) in [6, 6.07) is 9.73. The summed E-state index contributed by atoms with van der Waals surface area (Å²) in [4.78, 5) is 27.8. The van der Waals surface area contributed by atoms with Crippen molar-refractivity contribution >= 4 is 23.3 Å². The molecule has 32 heavy (non-hydrogen) atoms. The van der Waals surface area contributed by atoms with Crippen LogP contribution in [0.1, 0.15) is 28.8 Å². The maximum Gasteiger partial charge on any atom is 0.254 e. The molecule has 1 N–H and O–H groups in total. The molecule has 0 radical (unpaired) electrons. The van der Waals surface area contributed by atoms with Gasteiger partial charge in [-0.05, 0) is 31.2 Å². The minimum absolute atomic E-state index is 0.0464. The summed E-state index contributed by atoms with van der Waals surface area (Å²) in [5.74, 6) is -2.24. The number of halogens is 3. The number of likely N-dealkylation sites (tertiary alicyclic amines) is 1. The Labute approximate surface area is 189 Å². The molecule has 9 heteroatoms. The molecule has 1 saturated heterocycles. The Morgan fingerprint density at radius 2 is 2.00 bits per heavy atom. The highest BCUT2D eigenvalue weighted by Gasteiger charge is 2.42. The molecule has 0 spiro atoms. The van der Waals surface area contributed by atoms with Gasteiger partial charge in [0.25, 0.3) is 11.8 Å². The lowest BCUT2D eigenvalue weighted by Gasteiger charge is -2.39. The highest BCUT2D eigenvalue weighted by atomic mass is 35.5. The van der Waals surface area contributed by atoms with Crippen molar-refractivity contribution < 1.29 is 13.6 Å². The first-order chi connectivity index (χ1) is 15.3. The molecule has 1 aliphatic rings. The molecule has 2 aromatic heterocycles. The number of nitrogens with zero attached hydrogens (tertiary/aromatic N) is 4. The van der Waals surface area contributed by atoms with Crippen molar-refractivity contribution in [2.24, 2.45) is 0 Å². The van der Waals surface area contributed by atoms with E-state index in [0.717, 1.165) is 5.56 Å². The summed E-state index contributed by atoms with van der Waals surface area (Å²) in [6.45, 7) is 1.97. The first-order valence-corrected chi connectivity index (χ1v) is 10.6. The van der Waals surface area contributed by atoms with E-state index >= 15 is 0 Å². The van der Waals surface area contributed by atoms with Gasteiger partial charge in [0.2, 0.25) is 0 Å². The van der Waals surface area contributed by atoms with Crippen LogP contribution >= 0.6 is 11.6 Å². The second-order valence-corrected chi connectivity index (χ2v) is 8.26. The fraction of sp³-hybridized carbons (Fsp3) is 0.304. The van der Waals surface area contributed by atoms with E-state index in [2.05, 4.69) is 20.3 Å². The van der Waals surface area contributed by atoms with E-state index < -0.39 is 18.4 Å². The topological polar surface area (TPSA) is 71.0 Å². The summed E-state index contributed by atoms with van der Waals surface area (Å²) < 4.78 is 28.5. The van der Waals surface area contributed by atoms with Crippen molar-refractivity contribution in [3.63, 3.8) is 0 Å². The van der Waals surface area contributed by atoms with E-state index in [1.165, 1.54) is 11.1 Å². The van der Waals surface area contributed by atoms with Gasteiger partial charge in [0.05, 0.1) is 16.6 Å². The van der Waals surface area contributed by atoms with Crippen molar-refractivity contribution in [1.29, 1.82) is 0 Å².